The molecule has 0 radical (unpaired) electrons. The highest BCUT2D eigenvalue weighted by Gasteiger charge is 2.36. The number of carbonyl (C=O) groups excluding carboxylic acids is 1. The van der Waals surface area contributed by atoms with Crippen molar-refractivity contribution < 1.29 is 9.90 Å². The standard InChI is InChI=1S/C14H26N2O2/c1-11-3-2-5-14(8-11,10-17)16-13(18)7-12-4-6-15-9-12/h11-12,15,17H,2-10H2,1H3,(H,16,18). The van der Waals surface area contributed by atoms with E-state index in [1.54, 1.807) is 0 Å². The van der Waals surface area contributed by atoms with Gasteiger partial charge in [-0.3, -0.25) is 4.79 Å². The lowest BCUT2D eigenvalue weighted by Crippen LogP contribution is -2.54. The Balaban J connectivity index is 1.86. The van der Waals surface area contributed by atoms with Gasteiger partial charge in [0.15, 0.2) is 0 Å². The zero-order valence-electron chi connectivity index (χ0n) is 11.4. The number of hydrogen-bond acceptors (Lipinski definition) is 3. The first-order valence-corrected chi connectivity index (χ1v) is 7.26. The van der Waals surface area contributed by atoms with E-state index in [-0.39, 0.29) is 18.1 Å². The summed E-state index contributed by atoms with van der Waals surface area (Å²) in [6, 6.07) is 0. The van der Waals surface area contributed by atoms with Gasteiger partial charge in [-0.15, -0.1) is 0 Å². The van der Waals surface area contributed by atoms with Gasteiger partial charge < -0.3 is 15.7 Å². The number of aliphatic hydroxyl groups is 1. The Hall–Kier alpha value is -0.610. The van der Waals surface area contributed by atoms with E-state index < -0.39 is 0 Å². The summed E-state index contributed by atoms with van der Waals surface area (Å²) in [4.78, 5) is 12.1. The maximum atomic E-state index is 12.1. The van der Waals surface area contributed by atoms with Crippen molar-refractivity contribution in [3.05, 3.63) is 0 Å². The average molecular weight is 254 g/mol. The van der Waals surface area contributed by atoms with E-state index in [1.165, 1.54) is 6.42 Å². The minimum Gasteiger partial charge on any atom is -0.394 e. The quantitative estimate of drug-likeness (QED) is 0.702. The topological polar surface area (TPSA) is 61.4 Å². The Morgan fingerprint density at radius 2 is 2.33 bits per heavy atom. The van der Waals surface area contributed by atoms with E-state index in [1.807, 2.05) is 0 Å². The Morgan fingerprint density at radius 3 is 2.94 bits per heavy atom. The molecule has 3 unspecified atom stereocenters. The van der Waals surface area contributed by atoms with Crippen LogP contribution in [-0.4, -0.2) is 36.2 Å². The molecule has 1 heterocycles. The highest BCUT2D eigenvalue weighted by atomic mass is 16.3. The Labute approximate surface area is 110 Å². The third-order valence-corrected chi connectivity index (χ3v) is 4.44. The summed E-state index contributed by atoms with van der Waals surface area (Å²) < 4.78 is 0. The number of aliphatic hydroxyl groups excluding tert-OH is 1. The van der Waals surface area contributed by atoms with E-state index in [9.17, 15) is 9.90 Å². The highest BCUT2D eigenvalue weighted by Crippen LogP contribution is 2.32. The lowest BCUT2D eigenvalue weighted by Gasteiger charge is -2.39. The van der Waals surface area contributed by atoms with E-state index in [4.69, 9.17) is 0 Å². The Bertz CT molecular complexity index is 290. The predicted molar refractivity (Wildman–Crippen MR) is 71.2 cm³/mol. The lowest BCUT2D eigenvalue weighted by molar-refractivity contribution is -0.125. The minimum absolute atomic E-state index is 0.0754. The second kappa shape index (κ2) is 6.02. The maximum Gasteiger partial charge on any atom is 0.220 e. The molecular weight excluding hydrogens is 228 g/mol. The second-order valence-electron chi connectivity index (χ2n) is 6.25. The first-order valence-electron chi connectivity index (χ1n) is 7.26. The van der Waals surface area contributed by atoms with E-state index >= 15 is 0 Å². The van der Waals surface area contributed by atoms with E-state index in [2.05, 4.69) is 17.6 Å². The predicted octanol–water partition coefficient (Wildman–Crippen LogP) is 1.04. The van der Waals surface area contributed by atoms with Crippen molar-refractivity contribution in [2.24, 2.45) is 11.8 Å². The molecule has 2 fully saturated rings. The minimum atomic E-state index is -0.346. The van der Waals surface area contributed by atoms with Crippen LogP contribution in [0.2, 0.25) is 0 Å². The fraction of sp³-hybridized carbons (Fsp3) is 0.929. The van der Waals surface area contributed by atoms with Crippen LogP contribution in [0.25, 0.3) is 0 Å². The number of hydrogen-bond donors (Lipinski definition) is 3. The zero-order chi connectivity index (χ0) is 13.0. The average Bonchev–Trinajstić information content (AvgIpc) is 2.81. The molecule has 1 aliphatic carbocycles. The fourth-order valence-corrected chi connectivity index (χ4v) is 3.45. The molecule has 0 bridgehead atoms. The van der Waals surface area contributed by atoms with Crippen LogP contribution >= 0.6 is 0 Å². The summed E-state index contributed by atoms with van der Waals surface area (Å²) in [5, 5.41) is 16.0. The number of nitrogens with one attached hydrogen (secondary N) is 2. The SMILES string of the molecule is CC1CCCC(CO)(NC(=O)CC2CCNC2)C1. The number of rotatable bonds is 4. The smallest absolute Gasteiger partial charge is 0.220 e. The molecule has 1 saturated carbocycles. The summed E-state index contributed by atoms with van der Waals surface area (Å²) in [5.41, 5.74) is -0.346. The van der Waals surface area contributed by atoms with Gasteiger partial charge in [0.05, 0.1) is 12.1 Å². The largest absolute Gasteiger partial charge is 0.394 e. The summed E-state index contributed by atoms with van der Waals surface area (Å²) in [7, 11) is 0. The van der Waals surface area contributed by atoms with Crippen LogP contribution in [0, 0.1) is 11.8 Å². The van der Waals surface area contributed by atoms with Crippen LogP contribution in [0.5, 0.6) is 0 Å². The van der Waals surface area contributed by atoms with Crippen molar-refractivity contribution in [3.63, 3.8) is 0 Å². The monoisotopic (exact) mass is 254 g/mol. The first kappa shape index (κ1) is 13.8. The molecule has 3 N–H and O–H groups in total. The molecule has 1 aliphatic heterocycles. The molecule has 1 saturated heterocycles. The van der Waals surface area contributed by atoms with Gasteiger partial charge in [0.2, 0.25) is 5.91 Å². The van der Waals surface area contributed by atoms with Gasteiger partial charge in [0.25, 0.3) is 0 Å². The van der Waals surface area contributed by atoms with Crippen molar-refractivity contribution in [3.8, 4) is 0 Å². The molecule has 1 amide bonds. The highest BCUT2D eigenvalue weighted by molar-refractivity contribution is 5.77. The Morgan fingerprint density at radius 1 is 1.50 bits per heavy atom. The molecule has 2 aliphatic rings. The van der Waals surface area contributed by atoms with Crippen molar-refractivity contribution in [1.82, 2.24) is 10.6 Å². The molecule has 0 aromatic carbocycles. The van der Waals surface area contributed by atoms with Gasteiger partial charge in [-0.05, 0) is 44.2 Å². The molecule has 4 heteroatoms. The third-order valence-electron chi connectivity index (χ3n) is 4.44. The maximum absolute atomic E-state index is 12.1. The van der Waals surface area contributed by atoms with Crippen molar-refractivity contribution in [1.29, 1.82) is 0 Å². The van der Waals surface area contributed by atoms with E-state index in [0.717, 1.165) is 38.8 Å². The van der Waals surface area contributed by atoms with Crippen molar-refractivity contribution in [2.75, 3.05) is 19.7 Å². The van der Waals surface area contributed by atoms with Gasteiger partial charge in [0.1, 0.15) is 0 Å². The van der Waals surface area contributed by atoms with Gasteiger partial charge in [-0.2, -0.15) is 0 Å². The van der Waals surface area contributed by atoms with Gasteiger partial charge >= 0.3 is 0 Å². The summed E-state index contributed by atoms with van der Waals surface area (Å²) >= 11 is 0. The van der Waals surface area contributed by atoms with Crippen LogP contribution in [-0.2, 0) is 4.79 Å². The van der Waals surface area contributed by atoms with Crippen LogP contribution in [0.3, 0.4) is 0 Å². The molecule has 18 heavy (non-hydrogen) atoms. The van der Waals surface area contributed by atoms with Crippen LogP contribution in [0.4, 0.5) is 0 Å². The molecular formula is C14H26N2O2. The summed E-state index contributed by atoms with van der Waals surface area (Å²) in [6.45, 7) is 4.26. The Kier molecular flexibility index (Phi) is 4.62. The molecule has 104 valence electrons. The zero-order valence-corrected chi connectivity index (χ0v) is 11.4. The molecule has 0 aromatic rings. The van der Waals surface area contributed by atoms with Gasteiger partial charge in [-0.25, -0.2) is 0 Å². The molecule has 3 atom stereocenters. The molecule has 0 aromatic heterocycles. The number of amides is 1. The third kappa shape index (κ3) is 3.45. The molecule has 4 nitrogen and oxygen atoms in total. The van der Waals surface area contributed by atoms with Crippen molar-refractivity contribution >= 4 is 5.91 Å². The number of carbonyl (C=O) groups is 1. The molecule has 0 spiro atoms. The van der Waals surface area contributed by atoms with Crippen molar-refractivity contribution in [2.45, 2.75) is 51.0 Å². The van der Waals surface area contributed by atoms with Crippen LogP contribution < -0.4 is 10.6 Å². The normalized spacial score (nSPS) is 36.6. The summed E-state index contributed by atoms with van der Waals surface area (Å²) in [6.07, 6.45) is 5.84. The van der Waals surface area contributed by atoms with Gasteiger partial charge in [0, 0.05) is 6.42 Å². The second-order valence-corrected chi connectivity index (χ2v) is 6.25. The first-order chi connectivity index (χ1) is 8.63. The van der Waals surface area contributed by atoms with Crippen LogP contribution in [0.15, 0.2) is 0 Å². The molecule has 2 rings (SSSR count). The van der Waals surface area contributed by atoms with Gasteiger partial charge in [-0.1, -0.05) is 19.8 Å². The summed E-state index contributed by atoms with van der Waals surface area (Å²) in [5.74, 6) is 1.19. The van der Waals surface area contributed by atoms with E-state index in [0.29, 0.717) is 18.3 Å². The lowest BCUT2D eigenvalue weighted by atomic mass is 9.76. The fourth-order valence-electron chi connectivity index (χ4n) is 3.45. The van der Waals surface area contributed by atoms with Crippen LogP contribution in [0.1, 0.15) is 45.4 Å².